The molecule has 0 aliphatic heterocycles. The molecule has 0 aliphatic carbocycles. The Morgan fingerprint density at radius 3 is 1.46 bits per heavy atom. The molecule has 12 aromatic rings. The van der Waals surface area contributed by atoms with E-state index in [-0.39, 0.29) is 0 Å². The molecule has 0 spiro atoms. The molecule has 57 heavy (non-hydrogen) atoms. The Morgan fingerprint density at radius 1 is 0.298 bits per heavy atom. The first-order valence-corrected chi connectivity index (χ1v) is 20.6. The number of para-hydroxylation sites is 1. The van der Waals surface area contributed by atoms with Gasteiger partial charge in [0.1, 0.15) is 0 Å². The number of rotatable bonds is 5. The maximum absolute atomic E-state index is 5.03. The van der Waals surface area contributed by atoms with Crippen LogP contribution in [-0.4, -0.2) is 19.5 Å². The summed E-state index contributed by atoms with van der Waals surface area (Å²) in [5, 5.41) is 7.54. The Balaban J connectivity index is 0.999. The van der Waals surface area contributed by atoms with E-state index in [9.17, 15) is 0 Å². The van der Waals surface area contributed by atoms with Gasteiger partial charge in [-0.15, -0.1) is 22.7 Å². The van der Waals surface area contributed by atoms with Crippen molar-refractivity contribution in [2.75, 3.05) is 0 Å². The highest BCUT2D eigenvalue weighted by Gasteiger charge is 2.17. The molecule has 8 aromatic carbocycles. The van der Waals surface area contributed by atoms with E-state index in [0.717, 1.165) is 22.4 Å². The van der Waals surface area contributed by atoms with Crippen LogP contribution in [0.4, 0.5) is 0 Å². The van der Waals surface area contributed by atoms with E-state index in [1.807, 2.05) is 83.3 Å². The Hall–Kier alpha value is -6.99. The number of nitrogens with zero attached hydrogens (tertiary/aromatic N) is 4. The minimum atomic E-state index is 0.657. The van der Waals surface area contributed by atoms with Crippen molar-refractivity contribution < 1.29 is 0 Å². The fourth-order valence-electron chi connectivity index (χ4n) is 8.32. The molecule has 266 valence electrons. The predicted molar refractivity (Wildman–Crippen MR) is 242 cm³/mol. The predicted octanol–water partition coefficient (Wildman–Crippen LogP) is 14.4. The molecule has 6 heteroatoms. The van der Waals surface area contributed by atoms with E-state index in [4.69, 9.17) is 15.0 Å². The van der Waals surface area contributed by atoms with Crippen molar-refractivity contribution in [2.24, 2.45) is 0 Å². The topological polar surface area (TPSA) is 43.6 Å². The molecule has 4 nitrogen and oxygen atoms in total. The first-order valence-electron chi connectivity index (χ1n) is 19.0. The van der Waals surface area contributed by atoms with Gasteiger partial charge >= 0.3 is 0 Å². The van der Waals surface area contributed by atoms with Crippen molar-refractivity contribution in [3.63, 3.8) is 0 Å². The highest BCUT2D eigenvalue weighted by Crippen LogP contribution is 2.41. The normalized spacial score (nSPS) is 11.9. The zero-order chi connectivity index (χ0) is 37.5. The van der Waals surface area contributed by atoms with Gasteiger partial charge in [-0.2, -0.15) is 0 Å². The molecule has 0 N–H and O–H groups in total. The smallest absolute Gasteiger partial charge is 0.164 e. The average molecular weight is 763 g/mol. The van der Waals surface area contributed by atoms with Crippen LogP contribution in [-0.2, 0) is 0 Å². The Labute approximate surface area is 335 Å². The second-order valence-corrected chi connectivity index (χ2v) is 16.6. The molecule has 0 bridgehead atoms. The van der Waals surface area contributed by atoms with Crippen LogP contribution >= 0.6 is 22.7 Å². The molecule has 0 aliphatic rings. The van der Waals surface area contributed by atoms with Crippen LogP contribution in [0.15, 0.2) is 182 Å². The van der Waals surface area contributed by atoms with Gasteiger partial charge in [0.05, 0.1) is 11.0 Å². The third-order valence-electron chi connectivity index (χ3n) is 11.1. The molecule has 0 unspecified atom stereocenters. The van der Waals surface area contributed by atoms with Crippen molar-refractivity contribution >= 4 is 84.8 Å². The van der Waals surface area contributed by atoms with Crippen LogP contribution < -0.4 is 0 Å². The first-order chi connectivity index (χ1) is 28.2. The standard InChI is InChI=1S/C51H30N4S2/c1-3-11-31(12-4-1)49-52-50(32-13-5-2-6-14-32)54-51(53-49)35-21-25-47-41(29-35)42-30-36(22-26-48(42)57-47)55-43-17-9-7-15-37(43)39-27-33(19-23-44(39)55)34-20-24-46-40(28-34)38-16-8-10-18-45(38)56-46/h1-30H. The molecule has 0 saturated carbocycles. The van der Waals surface area contributed by atoms with Crippen LogP contribution in [0.25, 0.3) is 113 Å². The van der Waals surface area contributed by atoms with E-state index in [2.05, 4.69) is 126 Å². The Bertz CT molecular complexity index is 3470. The average Bonchev–Trinajstić information content (AvgIpc) is 3.95. The van der Waals surface area contributed by atoms with Gasteiger partial charge in [0.25, 0.3) is 0 Å². The van der Waals surface area contributed by atoms with Crippen LogP contribution in [0.2, 0.25) is 0 Å². The molecular weight excluding hydrogens is 733 g/mol. The first kappa shape index (κ1) is 32.3. The van der Waals surface area contributed by atoms with Crippen molar-refractivity contribution in [3.05, 3.63) is 182 Å². The molecule has 0 amide bonds. The van der Waals surface area contributed by atoms with Gasteiger partial charge in [0.15, 0.2) is 17.5 Å². The number of fused-ring (bicyclic) bond motifs is 9. The number of thiophene rings is 2. The summed E-state index contributed by atoms with van der Waals surface area (Å²) in [6.45, 7) is 0. The minimum absolute atomic E-state index is 0.657. The summed E-state index contributed by atoms with van der Waals surface area (Å²) in [6.07, 6.45) is 0. The Morgan fingerprint density at radius 2 is 0.754 bits per heavy atom. The highest BCUT2D eigenvalue weighted by atomic mass is 32.1. The maximum atomic E-state index is 5.03. The van der Waals surface area contributed by atoms with Crippen molar-refractivity contribution in [1.29, 1.82) is 0 Å². The fourth-order valence-corrected chi connectivity index (χ4v) is 10.5. The summed E-state index contributed by atoms with van der Waals surface area (Å²) in [6, 6.07) is 65.1. The number of hydrogen-bond donors (Lipinski definition) is 0. The molecule has 0 saturated heterocycles. The lowest BCUT2D eigenvalue weighted by Gasteiger charge is -2.10. The van der Waals surface area contributed by atoms with Gasteiger partial charge in [-0.3, -0.25) is 0 Å². The second kappa shape index (κ2) is 12.8. The van der Waals surface area contributed by atoms with Crippen LogP contribution in [0.5, 0.6) is 0 Å². The van der Waals surface area contributed by atoms with Gasteiger partial charge in [-0.25, -0.2) is 15.0 Å². The van der Waals surface area contributed by atoms with Crippen molar-refractivity contribution in [2.45, 2.75) is 0 Å². The summed E-state index contributed by atoms with van der Waals surface area (Å²) < 4.78 is 7.55. The van der Waals surface area contributed by atoms with Gasteiger partial charge < -0.3 is 4.57 Å². The van der Waals surface area contributed by atoms with E-state index in [0.29, 0.717) is 17.5 Å². The fraction of sp³-hybridized carbons (Fsp3) is 0. The molecule has 0 fully saturated rings. The van der Waals surface area contributed by atoms with Gasteiger partial charge in [-0.05, 0) is 83.9 Å². The van der Waals surface area contributed by atoms with E-state index in [1.165, 1.54) is 73.3 Å². The minimum Gasteiger partial charge on any atom is -0.309 e. The molecular formula is C51H30N4S2. The quantitative estimate of drug-likeness (QED) is 0.175. The van der Waals surface area contributed by atoms with Crippen molar-refractivity contribution in [3.8, 4) is 51.0 Å². The molecule has 0 radical (unpaired) electrons. The van der Waals surface area contributed by atoms with Crippen LogP contribution in [0.3, 0.4) is 0 Å². The number of aromatic nitrogens is 4. The molecule has 4 heterocycles. The zero-order valence-corrected chi connectivity index (χ0v) is 32.1. The number of hydrogen-bond acceptors (Lipinski definition) is 5. The summed E-state index contributed by atoms with van der Waals surface area (Å²) in [5.41, 5.74) is 8.85. The summed E-state index contributed by atoms with van der Waals surface area (Å²) in [5.74, 6) is 1.98. The highest BCUT2D eigenvalue weighted by molar-refractivity contribution is 7.26. The summed E-state index contributed by atoms with van der Waals surface area (Å²) in [4.78, 5) is 15.0. The SMILES string of the molecule is c1ccc(-c2nc(-c3ccccc3)nc(-c3ccc4sc5ccc(-n6c7ccccc7c7cc(-c8ccc9sc%10ccccc%10c9c8)ccc76)cc5c4c3)n2)cc1. The maximum Gasteiger partial charge on any atom is 0.164 e. The third kappa shape index (κ3) is 5.30. The van der Waals surface area contributed by atoms with Gasteiger partial charge in [0, 0.05) is 73.5 Å². The second-order valence-electron chi connectivity index (χ2n) is 14.4. The monoisotopic (exact) mass is 762 g/mol. The van der Waals surface area contributed by atoms with Crippen molar-refractivity contribution in [1.82, 2.24) is 19.5 Å². The van der Waals surface area contributed by atoms with E-state index >= 15 is 0 Å². The Kier molecular flexibility index (Phi) is 7.24. The summed E-state index contributed by atoms with van der Waals surface area (Å²) in [7, 11) is 0. The zero-order valence-electron chi connectivity index (χ0n) is 30.4. The van der Waals surface area contributed by atoms with Crippen LogP contribution in [0.1, 0.15) is 0 Å². The molecule has 0 atom stereocenters. The van der Waals surface area contributed by atoms with Gasteiger partial charge in [0.2, 0.25) is 0 Å². The van der Waals surface area contributed by atoms with Crippen LogP contribution in [0, 0.1) is 0 Å². The molecule has 4 aromatic heterocycles. The largest absolute Gasteiger partial charge is 0.309 e. The summed E-state index contributed by atoms with van der Waals surface area (Å²) >= 11 is 3.68. The lowest BCUT2D eigenvalue weighted by atomic mass is 10.0. The lowest BCUT2D eigenvalue weighted by Crippen LogP contribution is -2.00. The molecule has 12 rings (SSSR count). The van der Waals surface area contributed by atoms with E-state index < -0.39 is 0 Å². The van der Waals surface area contributed by atoms with Gasteiger partial charge in [-0.1, -0.05) is 109 Å². The van der Waals surface area contributed by atoms with E-state index in [1.54, 1.807) is 0 Å². The lowest BCUT2D eigenvalue weighted by molar-refractivity contribution is 1.07. The number of benzene rings is 8. The third-order valence-corrected chi connectivity index (χ3v) is 13.4.